The SMILES string of the molecule is CCN1CCC(C)(CCN(C)C(C)C)C1. The van der Waals surface area contributed by atoms with Gasteiger partial charge in [0.2, 0.25) is 0 Å². The molecule has 1 aliphatic rings. The van der Waals surface area contributed by atoms with Crippen LogP contribution in [0.15, 0.2) is 0 Å². The minimum Gasteiger partial charge on any atom is -0.304 e. The van der Waals surface area contributed by atoms with E-state index in [2.05, 4.69) is 44.5 Å². The maximum absolute atomic E-state index is 2.58. The lowest BCUT2D eigenvalue weighted by atomic mass is 9.86. The van der Waals surface area contributed by atoms with E-state index in [0.29, 0.717) is 11.5 Å². The number of nitrogens with zero attached hydrogens (tertiary/aromatic N) is 2. The Labute approximate surface area is 95.6 Å². The molecule has 15 heavy (non-hydrogen) atoms. The van der Waals surface area contributed by atoms with Crippen LogP contribution < -0.4 is 0 Å². The molecule has 0 aromatic heterocycles. The van der Waals surface area contributed by atoms with Gasteiger partial charge in [0.1, 0.15) is 0 Å². The Morgan fingerprint density at radius 3 is 2.53 bits per heavy atom. The second kappa shape index (κ2) is 5.31. The first kappa shape index (κ1) is 13.0. The Bertz CT molecular complexity index is 191. The lowest BCUT2D eigenvalue weighted by molar-refractivity contribution is 0.202. The summed E-state index contributed by atoms with van der Waals surface area (Å²) in [6.45, 7) is 14.3. The molecule has 0 radical (unpaired) electrons. The maximum atomic E-state index is 2.58. The van der Waals surface area contributed by atoms with Crippen LogP contribution in [0, 0.1) is 5.41 Å². The molecule has 0 N–H and O–H groups in total. The summed E-state index contributed by atoms with van der Waals surface area (Å²) in [5.41, 5.74) is 0.569. The van der Waals surface area contributed by atoms with Gasteiger partial charge in [-0.1, -0.05) is 13.8 Å². The Hall–Kier alpha value is -0.0800. The molecule has 1 fully saturated rings. The van der Waals surface area contributed by atoms with Gasteiger partial charge in [0.05, 0.1) is 0 Å². The van der Waals surface area contributed by atoms with Crippen LogP contribution in [0.1, 0.15) is 40.5 Å². The molecular weight excluding hydrogens is 184 g/mol. The van der Waals surface area contributed by atoms with Crippen molar-refractivity contribution in [1.82, 2.24) is 9.80 Å². The zero-order valence-electron chi connectivity index (χ0n) is 11.2. The van der Waals surface area contributed by atoms with Gasteiger partial charge in [-0.2, -0.15) is 0 Å². The zero-order valence-corrected chi connectivity index (χ0v) is 11.2. The largest absolute Gasteiger partial charge is 0.304 e. The molecule has 0 saturated carbocycles. The van der Waals surface area contributed by atoms with Gasteiger partial charge in [0.25, 0.3) is 0 Å². The quantitative estimate of drug-likeness (QED) is 0.691. The number of hydrogen-bond acceptors (Lipinski definition) is 2. The van der Waals surface area contributed by atoms with Crippen molar-refractivity contribution in [2.45, 2.75) is 46.6 Å². The van der Waals surface area contributed by atoms with E-state index in [0.717, 1.165) is 0 Å². The topological polar surface area (TPSA) is 6.48 Å². The van der Waals surface area contributed by atoms with Gasteiger partial charge in [0.15, 0.2) is 0 Å². The van der Waals surface area contributed by atoms with Crippen molar-refractivity contribution in [2.24, 2.45) is 5.41 Å². The third-order valence-corrected chi connectivity index (χ3v) is 4.03. The highest BCUT2D eigenvalue weighted by Crippen LogP contribution is 2.33. The van der Waals surface area contributed by atoms with Crippen LogP contribution in [0.3, 0.4) is 0 Å². The highest BCUT2D eigenvalue weighted by molar-refractivity contribution is 4.86. The van der Waals surface area contributed by atoms with Crippen LogP contribution in [0.2, 0.25) is 0 Å². The molecule has 0 aromatic rings. The smallest absolute Gasteiger partial charge is 0.00362 e. The van der Waals surface area contributed by atoms with Crippen molar-refractivity contribution in [3.63, 3.8) is 0 Å². The Morgan fingerprint density at radius 1 is 1.40 bits per heavy atom. The van der Waals surface area contributed by atoms with Crippen LogP contribution in [-0.4, -0.2) is 49.1 Å². The molecule has 0 aromatic carbocycles. The first-order valence-electron chi connectivity index (χ1n) is 6.39. The maximum Gasteiger partial charge on any atom is 0.00362 e. The van der Waals surface area contributed by atoms with Gasteiger partial charge in [-0.25, -0.2) is 0 Å². The first-order valence-corrected chi connectivity index (χ1v) is 6.39. The molecule has 2 nitrogen and oxygen atoms in total. The van der Waals surface area contributed by atoms with E-state index < -0.39 is 0 Å². The van der Waals surface area contributed by atoms with Crippen molar-refractivity contribution >= 4 is 0 Å². The normalized spacial score (nSPS) is 28.2. The minimum atomic E-state index is 0.569. The second-order valence-corrected chi connectivity index (χ2v) is 5.75. The van der Waals surface area contributed by atoms with E-state index in [4.69, 9.17) is 0 Å². The summed E-state index contributed by atoms with van der Waals surface area (Å²) in [6.07, 6.45) is 2.73. The standard InChI is InChI=1S/C13H28N2/c1-6-15-10-8-13(4,11-15)7-9-14(5)12(2)3/h12H,6-11H2,1-5H3. The van der Waals surface area contributed by atoms with E-state index in [9.17, 15) is 0 Å². The molecule has 0 amide bonds. The zero-order chi connectivity index (χ0) is 11.5. The monoisotopic (exact) mass is 212 g/mol. The van der Waals surface area contributed by atoms with Crippen molar-refractivity contribution in [3.05, 3.63) is 0 Å². The lowest BCUT2D eigenvalue weighted by Gasteiger charge is -2.29. The third-order valence-electron chi connectivity index (χ3n) is 4.03. The van der Waals surface area contributed by atoms with Gasteiger partial charge in [0, 0.05) is 12.6 Å². The van der Waals surface area contributed by atoms with Gasteiger partial charge >= 0.3 is 0 Å². The molecule has 1 heterocycles. The molecular formula is C13H28N2. The average molecular weight is 212 g/mol. The second-order valence-electron chi connectivity index (χ2n) is 5.75. The number of hydrogen-bond donors (Lipinski definition) is 0. The van der Waals surface area contributed by atoms with Crippen molar-refractivity contribution in [1.29, 1.82) is 0 Å². The van der Waals surface area contributed by atoms with Gasteiger partial charge in [-0.05, 0) is 58.8 Å². The molecule has 1 atom stereocenters. The Kier molecular flexibility index (Phi) is 4.60. The highest BCUT2D eigenvalue weighted by atomic mass is 15.2. The fraction of sp³-hybridized carbons (Fsp3) is 1.00. The first-order chi connectivity index (χ1) is 6.97. The van der Waals surface area contributed by atoms with Crippen LogP contribution >= 0.6 is 0 Å². The van der Waals surface area contributed by atoms with Crippen LogP contribution in [-0.2, 0) is 0 Å². The average Bonchev–Trinajstić information content (AvgIpc) is 2.57. The van der Waals surface area contributed by atoms with E-state index >= 15 is 0 Å². The van der Waals surface area contributed by atoms with Gasteiger partial charge in [-0.3, -0.25) is 0 Å². The molecule has 2 heteroatoms. The number of rotatable bonds is 5. The van der Waals surface area contributed by atoms with E-state index in [1.165, 1.54) is 39.0 Å². The number of likely N-dealkylation sites (tertiary alicyclic amines) is 1. The molecule has 1 unspecified atom stereocenters. The van der Waals surface area contributed by atoms with Crippen LogP contribution in [0.4, 0.5) is 0 Å². The van der Waals surface area contributed by atoms with E-state index in [-0.39, 0.29) is 0 Å². The fourth-order valence-electron chi connectivity index (χ4n) is 2.30. The molecule has 1 aliphatic heterocycles. The molecule has 0 spiro atoms. The fourth-order valence-corrected chi connectivity index (χ4v) is 2.30. The molecule has 1 rings (SSSR count). The molecule has 1 saturated heterocycles. The summed E-state index contributed by atoms with van der Waals surface area (Å²) >= 11 is 0. The van der Waals surface area contributed by atoms with E-state index in [1.54, 1.807) is 0 Å². The van der Waals surface area contributed by atoms with Crippen molar-refractivity contribution < 1.29 is 0 Å². The van der Waals surface area contributed by atoms with Crippen LogP contribution in [0.25, 0.3) is 0 Å². The predicted octanol–water partition coefficient (Wildman–Crippen LogP) is 2.45. The van der Waals surface area contributed by atoms with Crippen LogP contribution in [0.5, 0.6) is 0 Å². The third kappa shape index (κ3) is 3.76. The summed E-state index contributed by atoms with van der Waals surface area (Å²) in [4.78, 5) is 5.04. The van der Waals surface area contributed by atoms with E-state index in [1.807, 2.05) is 0 Å². The molecule has 0 bridgehead atoms. The van der Waals surface area contributed by atoms with Gasteiger partial charge < -0.3 is 9.80 Å². The Balaban J connectivity index is 2.32. The summed E-state index contributed by atoms with van der Waals surface area (Å²) in [5.74, 6) is 0. The summed E-state index contributed by atoms with van der Waals surface area (Å²) in [6, 6.07) is 0.678. The van der Waals surface area contributed by atoms with Crippen molar-refractivity contribution in [2.75, 3.05) is 33.2 Å². The molecule has 90 valence electrons. The molecule has 0 aliphatic carbocycles. The van der Waals surface area contributed by atoms with Gasteiger partial charge in [-0.15, -0.1) is 0 Å². The summed E-state index contributed by atoms with van der Waals surface area (Å²) in [7, 11) is 2.24. The predicted molar refractivity (Wildman–Crippen MR) is 67.2 cm³/mol. The lowest BCUT2D eigenvalue weighted by Crippen LogP contribution is -2.32. The highest BCUT2D eigenvalue weighted by Gasteiger charge is 2.32. The summed E-state index contributed by atoms with van der Waals surface area (Å²) in [5, 5.41) is 0. The van der Waals surface area contributed by atoms with Crippen molar-refractivity contribution in [3.8, 4) is 0 Å². The minimum absolute atomic E-state index is 0.569. The Morgan fingerprint density at radius 2 is 2.07 bits per heavy atom. The summed E-state index contributed by atoms with van der Waals surface area (Å²) < 4.78 is 0.